The quantitative estimate of drug-likeness (QED) is 0.726. The Labute approximate surface area is 88.4 Å². The van der Waals surface area contributed by atoms with Gasteiger partial charge < -0.3 is 0 Å². The second-order valence-corrected chi connectivity index (χ2v) is 4.34. The molecule has 0 fully saturated rings. The minimum atomic E-state index is 0.773. The molecule has 14 heavy (non-hydrogen) atoms. The van der Waals surface area contributed by atoms with Crippen molar-refractivity contribution in [3.8, 4) is 10.6 Å². The van der Waals surface area contributed by atoms with Crippen LogP contribution in [0.5, 0.6) is 0 Å². The van der Waals surface area contributed by atoms with Gasteiger partial charge in [-0.1, -0.05) is 30.3 Å². The van der Waals surface area contributed by atoms with Crippen LogP contribution in [-0.2, 0) is 6.42 Å². The Bertz CT molecular complexity index is 417. The predicted molar refractivity (Wildman–Crippen MR) is 61.3 cm³/mol. The number of aryl methyl sites for hydroxylation is 1. The standard InChI is InChI=1S/C12H12NS/c1-3-11-9(2)14-12(13-11)10-7-5-4-6-8-10/h4-8H,1,3H2,2H3. The summed E-state index contributed by atoms with van der Waals surface area (Å²) in [4.78, 5) is 5.83. The van der Waals surface area contributed by atoms with Gasteiger partial charge in [0.2, 0.25) is 0 Å². The molecule has 71 valence electrons. The van der Waals surface area contributed by atoms with E-state index in [1.54, 1.807) is 11.3 Å². The highest BCUT2D eigenvalue weighted by molar-refractivity contribution is 7.15. The lowest BCUT2D eigenvalue weighted by molar-refractivity contribution is 1.13. The van der Waals surface area contributed by atoms with Crippen LogP contribution in [0.2, 0.25) is 0 Å². The Morgan fingerprint density at radius 2 is 2.00 bits per heavy atom. The summed E-state index contributed by atoms with van der Waals surface area (Å²) in [5, 5.41) is 1.10. The van der Waals surface area contributed by atoms with E-state index >= 15 is 0 Å². The van der Waals surface area contributed by atoms with Gasteiger partial charge in [-0.3, -0.25) is 0 Å². The highest BCUT2D eigenvalue weighted by Gasteiger charge is 2.06. The number of thiazole rings is 1. The summed E-state index contributed by atoms with van der Waals surface area (Å²) in [6, 6.07) is 10.3. The van der Waals surface area contributed by atoms with Crippen molar-refractivity contribution in [2.75, 3.05) is 0 Å². The van der Waals surface area contributed by atoms with Gasteiger partial charge in [-0.2, -0.15) is 0 Å². The Balaban J connectivity index is 2.43. The first kappa shape index (κ1) is 9.41. The normalized spacial score (nSPS) is 10.4. The van der Waals surface area contributed by atoms with E-state index < -0.39 is 0 Å². The first-order valence-corrected chi connectivity index (χ1v) is 5.44. The third-order valence-electron chi connectivity index (χ3n) is 2.15. The predicted octanol–water partition coefficient (Wildman–Crippen LogP) is 3.50. The van der Waals surface area contributed by atoms with Crippen molar-refractivity contribution in [2.45, 2.75) is 13.3 Å². The number of nitrogens with zero attached hydrogens (tertiary/aromatic N) is 1. The van der Waals surface area contributed by atoms with E-state index in [4.69, 9.17) is 0 Å². The van der Waals surface area contributed by atoms with Gasteiger partial charge in [0.05, 0.1) is 5.69 Å². The fraction of sp³-hybridized carbons (Fsp3) is 0.167. The van der Waals surface area contributed by atoms with Crippen LogP contribution >= 0.6 is 11.3 Å². The topological polar surface area (TPSA) is 12.9 Å². The Kier molecular flexibility index (Phi) is 2.64. The van der Waals surface area contributed by atoms with Gasteiger partial charge in [-0.25, -0.2) is 4.98 Å². The average Bonchev–Trinajstić information content (AvgIpc) is 2.61. The summed E-state index contributed by atoms with van der Waals surface area (Å²) >= 11 is 1.74. The monoisotopic (exact) mass is 202 g/mol. The molecule has 0 atom stereocenters. The van der Waals surface area contributed by atoms with E-state index in [2.05, 4.69) is 31.0 Å². The van der Waals surface area contributed by atoms with Crippen LogP contribution in [0, 0.1) is 13.8 Å². The zero-order valence-corrected chi connectivity index (χ0v) is 8.97. The lowest BCUT2D eigenvalue weighted by Crippen LogP contribution is -1.82. The van der Waals surface area contributed by atoms with Gasteiger partial charge in [0.15, 0.2) is 0 Å². The second kappa shape index (κ2) is 3.93. The Morgan fingerprint density at radius 1 is 1.29 bits per heavy atom. The van der Waals surface area contributed by atoms with Crippen molar-refractivity contribution >= 4 is 11.3 Å². The lowest BCUT2D eigenvalue weighted by atomic mass is 10.2. The molecular formula is C12H12NS. The molecule has 0 saturated heterocycles. The SMILES string of the molecule is [CH2]Cc1nc(-c2ccccc2)sc1C. The molecule has 0 amide bonds. The third-order valence-corrected chi connectivity index (χ3v) is 3.21. The molecule has 1 nitrogen and oxygen atoms in total. The van der Waals surface area contributed by atoms with Crippen LogP contribution in [0.4, 0.5) is 0 Å². The van der Waals surface area contributed by atoms with E-state index in [0.29, 0.717) is 0 Å². The highest BCUT2D eigenvalue weighted by atomic mass is 32.1. The van der Waals surface area contributed by atoms with Crippen LogP contribution < -0.4 is 0 Å². The summed E-state index contributed by atoms with van der Waals surface area (Å²) in [6.07, 6.45) is 0.773. The molecule has 0 aliphatic heterocycles. The maximum absolute atomic E-state index is 4.55. The van der Waals surface area contributed by atoms with Gasteiger partial charge in [0.25, 0.3) is 0 Å². The third kappa shape index (κ3) is 1.70. The molecule has 0 spiro atoms. The molecule has 0 aliphatic rings. The first-order valence-electron chi connectivity index (χ1n) is 4.62. The van der Waals surface area contributed by atoms with E-state index in [9.17, 15) is 0 Å². The lowest BCUT2D eigenvalue weighted by Gasteiger charge is -1.92. The van der Waals surface area contributed by atoms with Crippen molar-refractivity contribution in [2.24, 2.45) is 0 Å². The number of hydrogen-bond acceptors (Lipinski definition) is 2. The average molecular weight is 202 g/mol. The summed E-state index contributed by atoms with van der Waals surface area (Å²) in [5.74, 6) is 0. The number of benzene rings is 1. The van der Waals surface area contributed by atoms with Gasteiger partial charge in [-0.15, -0.1) is 11.3 Å². The van der Waals surface area contributed by atoms with Crippen LogP contribution in [-0.4, -0.2) is 4.98 Å². The smallest absolute Gasteiger partial charge is 0.123 e. The Morgan fingerprint density at radius 3 is 2.57 bits per heavy atom. The van der Waals surface area contributed by atoms with Crippen molar-refractivity contribution in [3.63, 3.8) is 0 Å². The summed E-state index contributed by atoms with van der Waals surface area (Å²) in [5.41, 5.74) is 2.31. The van der Waals surface area contributed by atoms with Crippen LogP contribution in [0.1, 0.15) is 10.6 Å². The zero-order valence-electron chi connectivity index (χ0n) is 8.16. The molecule has 0 bridgehead atoms. The van der Waals surface area contributed by atoms with Gasteiger partial charge >= 0.3 is 0 Å². The maximum Gasteiger partial charge on any atom is 0.123 e. The first-order chi connectivity index (χ1) is 6.81. The van der Waals surface area contributed by atoms with Gasteiger partial charge in [-0.05, 0) is 20.3 Å². The van der Waals surface area contributed by atoms with Crippen LogP contribution in [0.3, 0.4) is 0 Å². The molecule has 0 saturated carbocycles. The number of rotatable bonds is 2. The summed E-state index contributed by atoms with van der Waals surface area (Å²) < 4.78 is 0. The number of hydrogen-bond donors (Lipinski definition) is 0. The van der Waals surface area contributed by atoms with E-state index in [1.807, 2.05) is 18.2 Å². The maximum atomic E-state index is 4.55. The molecule has 1 radical (unpaired) electrons. The summed E-state index contributed by atoms with van der Waals surface area (Å²) in [6.45, 7) is 5.97. The fourth-order valence-corrected chi connectivity index (χ4v) is 2.33. The molecular weight excluding hydrogens is 190 g/mol. The van der Waals surface area contributed by atoms with Crippen LogP contribution in [0.15, 0.2) is 30.3 Å². The molecule has 0 unspecified atom stereocenters. The minimum absolute atomic E-state index is 0.773. The molecule has 0 N–H and O–H groups in total. The van der Waals surface area contributed by atoms with Crippen molar-refractivity contribution < 1.29 is 0 Å². The molecule has 0 aliphatic carbocycles. The van der Waals surface area contributed by atoms with Gasteiger partial charge in [0.1, 0.15) is 5.01 Å². The van der Waals surface area contributed by atoms with Crippen LogP contribution in [0.25, 0.3) is 10.6 Å². The van der Waals surface area contributed by atoms with Crippen molar-refractivity contribution in [1.82, 2.24) is 4.98 Å². The molecule has 1 heterocycles. The van der Waals surface area contributed by atoms with Crippen molar-refractivity contribution in [1.29, 1.82) is 0 Å². The van der Waals surface area contributed by atoms with Crippen molar-refractivity contribution in [3.05, 3.63) is 47.8 Å². The van der Waals surface area contributed by atoms with E-state index in [-0.39, 0.29) is 0 Å². The highest BCUT2D eigenvalue weighted by Crippen LogP contribution is 2.27. The summed E-state index contributed by atoms with van der Waals surface area (Å²) in [7, 11) is 0. The minimum Gasteiger partial charge on any atom is -0.241 e. The van der Waals surface area contributed by atoms with E-state index in [1.165, 1.54) is 10.4 Å². The fourth-order valence-electron chi connectivity index (χ4n) is 1.36. The molecule has 2 rings (SSSR count). The molecule has 1 aromatic carbocycles. The van der Waals surface area contributed by atoms with E-state index in [0.717, 1.165) is 17.1 Å². The number of aromatic nitrogens is 1. The van der Waals surface area contributed by atoms with Gasteiger partial charge in [0, 0.05) is 10.4 Å². The zero-order chi connectivity index (χ0) is 9.97. The molecule has 2 heteroatoms. The molecule has 1 aromatic heterocycles. The largest absolute Gasteiger partial charge is 0.241 e. The molecule has 2 aromatic rings. The second-order valence-electron chi connectivity index (χ2n) is 3.14. The Hall–Kier alpha value is -1.15.